The van der Waals surface area contributed by atoms with Crippen LogP contribution in [0.1, 0.15) is 49.1 Å². The van der Waals surface area contributed by atoms with E-state index in [1.807, 2.05) is 50.9 Å². The first-order valence-corrected chi connectivity index (χ1v) is 9.64. The van der Waals surface area contributed by atoms with Crippen molar-refractivity contribution in [2.75, 3.05) is 10.3 Å². The Labute approximate surface area is 165 Å². The van der Waals surface area contributed by atoms with Gasteiger partial charge in [-0.1, -0.05) is 26.0 Å². The van der Waals surface area contributed by atoms with Crippen molar-refractivity contribution in [3.8, 4) is 0 Å². The third-order valence-electron chi connectivity index (χ3n) is 5.32. The van der Waals surface area contributed by atoms with Gasteiger partial charge < -0.3 is 11.1 Å². The third-order valence-corrected chi connectivity index (χ3v) is 5.32. The Bertz CT molecular complexity index is 887. The number of hydrazine groups is 1. The zero-order valence-corrected chi connectivity index (χ0v) is 16.9. The lowest BCUT2D eigenvalue weighted by molar-refractivity contribution is -0.120. The van der Waals surface area contributed by atoms with Crippen LogP contribution in [0.4, 0.5) is 16.3 Å². The van der Waals surface area contributed by atoms with Crippen molar-refractivity contribution in [1.29, 1.82) is 0 Å². The van der Waals surface area contributed by atoms with Crippen molar-refractivity contribution in [2.45, 2.75) is 53.6 Å². The standard InChI is InChI=1S/C20H28N6O2/c1-5-14(6-2)19(27)22-18-15-10-25(11-16(15)23-24-18)26(20(21)28)17-9-12(3)7-8-13(17)4/h7-9,14H,5-6,10-11H2,1-4H3,(H2,21,28)(H2,22,23,24,27). The summed E-state index contributed by atoms with van der Waals surface area (Å²) in [6.45, 7) is 8.81. The van der Waals surface area contributed by atoms with Crippen LogP contribution in [0.15, 0.2) is 18.2 Å². The topological polar surface area (TPSA) is 107 Å². The number of carbonyl (C=O) groups is 2. The molecule has 28 heavy (non-hydrogen) atoms. The molecule has 0 bridgehead atoms. The molecule has 1 aromatic carbocycles. The summed E-state index contributed by atoms with van der Waals surface area (Å²) in [6, 6.07) is 5.37. The average molecular weight is 384 g/mol. The number of aryl methyl sites for hydroxylation is 2. The number of carbonyl (C=O) groups excluding carboxylic acids is 2. The highest BCUT2D eigenvalue weighted by Crippen LogP contribution is 2.32. The average Bonchev–Trinajstić information content (AvgIpc) is 3.21. The van der Waals surface area contributed by atoms with E-state index in [4.69, 9.17) is 5.73 Å². The quantitative estimate of drug-likeness (QED) is 0.711. The molecule has 8 heteroatoms. The molecule has 8 nitrogen and oxygen atoms in total. The van der Waals surface area contributed by atoms with E-state index in [0.29, 0.717) is 18.9 Å². The van der Waals surface area contributed by atoms with Crippen molar-refractivity contribution in [3.05, 3.63) is 40.6 Å². The minimum Gasteiger partial charge on any atom is -0.350 e. The van der Waals surface area contributed by atoms with Gasteiger partial charge in [0, 0.05) is 18.0 Å². The van der Waals surface area contributed by atoms with E-state index in [9.17, 15) is 9.59 Å². The van der Waals surface area contributed by atoms with E-state index in [2.05, 4.69) is 15.5 Å². The normalized spacial score (nSPS) is 13.6. The monoisotopic (exact) mass is 384 g/mol. The number of H-pyrrole nitrogens is 1. The number of aromatic amines is 1. The van der Waals surface area contributed by atoms with Crippen molar-refractivity contribution in [1.82, 2.24) is 15.2 Å². The molecule has 2 heterocycles. The number of amides is 3. The Hall–Kier alpha value is -2.87. The summed E-state index contributed by atoms with van der Waals surface area (Å²) in [5.74, 6) is 0.459. The van der Waals surface area contributed by atoms with Crippen LogP contribution in [-0.2, 0) is 17.9 Å². The van der Waals surface area contributed by atoms with Gasteiger partial charge in [-0.25, -0.2) is 14.8 Å². The summed E-state index contributed by atoms with van der Waals surface area (Å²) < 4.78 is 0. The first-order chi connectivity index (χ1) is 13.3. The molecule has 2 aromatic rings. The van der Waals surface area contributed by atoms with Gasteiger partial charge in [0.2, 0.25) is 5.91 Å². The molecular weight excluding hydrogens is 356 g/mol. The molecule has 0 fully saturated rings. The maximum absolute atomic E-state index is 12.4. The number of nitrogens with two attached hydrogens (primary N) is 1. The van der Waals surface area contributed by atoms with E-state index in [0.717, 1.165) is 40.9 Å². The van der Waals surface area contributed by atoms with Crippen molar-refractivity contribution in [2.24, 2.45) is 11.7 Å². The number of hydrogen-bond acceptors (Lipinski definition) is 4. The predicted molar refractivity (Wildman–Crippen MR) is 109 cm³/mol. The molecule has 4 N–H and O–H groups in total. The molecule has 3 amide bonds. The van der Waals surface area contributed by atoms with E-state index < -0.39 is 6.03 Å². The van der Waals surface area contributed by atoms with Crippen molar-refractivity contribution < 1.29 is 9.59 Å². The largest absolute Gasteiger partial charge is 0.350 e. The van der Waals surface area contributed by atoms with E-state index in [-0.39, 0.29) is 11.8 Å². The molecule has 0 atom stereocenters. The molecule has 0 aliphatic carbocycles. The van der Waals surface area contributed by atoms with Gasteiger partial charge in [-0.3, -0.25) is 9.89 Å². The van der Waals surface area contributed by atoms with Crippen LogP contribution in [-0.4, -0.2) is 27.1 Å². The number of nitrogens with zero attached hydrogens (tertiary/aromatic N) is 3. The first-order valence-electron chi connectivity index (χ1n) is 9.64. The molecule has 0 radical (unpaired) electrons. The summed E-state index contributed by atoms with van der Waals surface area (Å²) in [6.07, 6.45) is 1.56. The zero-order valence-electron chi connectivity index (χ0n) is 16.9. The van der Waals surface area contributed by atoms with Gasteiger partial charge >= 0.3 is 6.03 Å². The minimum atomic E-state index is -0.547. The second-order valence-corrected chi connectivity index (χ2v) is 7.29. The van der Waals surface area contributed by atoms with Crippen LogP contribution >= 0.6 is 0 Å². The smallest absolute Gasteiger partial charge is 0.334 e. The summed E-state index contributed by atoms with van der Waals surface area (Å²) in [5, 5.41) is 13.5. The lowest BCUT2D eigenvalue weighted by Crippen LogP contribution is -2.47. The highest BCUT2D eigenvalue weighted by Gasteiger charge is 2.33. The van der Waals surface area contributed by atoms with Crippen LogP contribution < -0.4 is 16.1 Å². The SMILES string of the molecule is CCC(CC)C(=O)Nc1n[nH]c2c1CN(N(C(N)=O)c1cc(C)ccc1C)C2. The maximum atomic E-state index is 12.4. The molecule has 0 saturated carbocycles. The fourth-order valence-corrected chi connectivity index (χ4v) is 3.60. The number of hydrogen-bond donors (Lipinski definition) is 3. The highest BCUT2D eigenvalue weighted by molar-refractivity contribution is 5.93. The number of rotatable bonds is 6. The second kappa shape index (κ2) is 8.02. The Morgan fingerprint density at radius 1 is 1.29 bits per heavy atom. The Balaban J connectivity index is 1.83. The molecule has 0 spiro atoms. The van der Waals surface area contributed by atoms with Gasteiger partial charge in [0.15, 0.2) is 5.82 Å². The summed E-state index contributed by atoms with van der Waals surface area (Å²) in [7, 11) is 0. The lowest BCUT2D eigenvalue weighted by atomic mass is 10.0. The van der Waals surface area contributed by atoms with Gasteiger partial charge in [0.25, 0.3) is 0 Å². The number of anilines is 2. The first kappa shape index (κ1) is 19.9. The maximum Gasteiger partial charge on any atom is 0.334 e. The van der Waals surface area contributed by atoms with E-state index in [1.54, 1.807) is 0 Å². The van der Waals surface area contributed by atoms with Crippen LogP contribution in [0, 0.1) is 19.8 Å². The Morgan fingerprint density at radius 3 is 2.64 bits per heavy atom. The second-order valence-electron chi connectivity index (χ2n) is 7.29. The molecule has 150 valence electrons. The molecule has 1 aromatic heterocycles. The Morgan fingerprint density at radius 2 is 2.00 bits per heavy atom. The summed E-state index contributed by atoms with van der Waals surface area (Å²) >= 11 is 0. The minimum absolute atomic E-state index is 0.0287. The van der Waals surface area contributed by atoms with Crippen molar-refractivity contribution >= 4 is 23.4 Å². The number of aromatic nitrogens is 2. The number of urea groups is 1. The van der Waals surface area contributed by atoms with Crippen molar-refractivity contribution in [3.63, 3.8) is 0 Å². The number of benzene rings is 1. The third kappa shape index (κ3) is 3.73. The van der Waals surface area contributed by atoms with Gasteiger partial charge in [-0.2, -0.15) is 5.10 Å². The molecule has 0 saturated heterocycles. The lowest BCUT2D eigenvalue weighted by Gasteiger charge is -2.31. The van der Waals surface area contributed by atoms with Gasteiger partial charge in [-0.05, 0) is 43.9 Å². The zero-order chi connectivity index (χ0) is 20.4. The molecule has 1 aliphatic rings. The number of primary amides is 1. The summed E-state index contributed by atoms with van der Waals surface area (Å²) in [5.41, 5.74) is 10.2. The van der Waals surface area contributed by atoms with Gasteiger partial charge in [0.05, 0.1) is 17.9 Å². The van der Waals surface area contributed by atoms with E-state index >= 15 is 0 Å². The fraction of sp³-hybridized carbons (Fsp3) is 0.450. The molecule has 3 rings (SSSR count). The molecule has 1 aliphatic heterocycles. The fourth-order valence-electron chi connectivity index (χ4n) is 3.60. The molecular formula is C20H28N6O2. The predicted octanol–water partition coefficient (Wildman–Crippen LogP) is 3.22. The highest BCUT2D eigenvalue weighted by atomic mass is 16.2. The van der Waals surface area contributed by atoms with E-state index in [1.165, 1.54) is 5.01 Å². The van der Waals surface area contributed by atoms with Gasteiger partial charge in [0.1, 0.15) is 0 Å². The Kier molecular flexibility index (Phi) is 5.69. The summed E-state index contributed by atoms with van der Waals surface area (Å²) in [4.78, 5) is 24.7. The number of fused-ring (bicyclic) bond motifs is 1. The van der Waals surface area contributed by atoms with Crippen LogP contribution in [0.2, 0.25) is 0 Å². The van der Waals surface area contributed by atoms with Crippen LogP contribution in [0.5, 0.6) is 0 Å². The van der Waals surface area contributed by atoms with Crippen LogP contribution in [0.25, 0.3) is 0 Å². The van der Waals surface area contributed by atoms with Crippen LogP contribution in [0.3, 0.4) is 0 Å². The van der Waals surface area contributed by atoms with Gasteiger partial charge in [-0.15, -0.1) is 0 Å². The molecule has 0 unspecified atom stereocenters. The number of nitrogens with one attached hydrogen (secondary N) is 2.